The highest BCUT2D eigenvalue weighted by atomic mass is 127. The molecule has 3 rings (SSSR count). The summed E-state index contributed by atoms with van der Waals surface area (Å²) in [7, 11) is 1.50. The number of rotatable bonds is 10. The van der Waals surface area contributed by atoms with Crippen LogP contribution in [-0.2, 0) is 17.9 Å². The van der Waals surface area contributed by atoms with Crippen molar-refractivity contribution in [1.82, 2.24) is 10.6 Å². The maximum Gasteiger partial charge on any atom is 0.247 e. The molecule has 0 radical (unpaired) electrons. The van der Waals surface area contributed by atoms with E-state index in [2.05, 4.69) is 33.2 Å². The third-order valence-electron chi connectivity index (χ3n) is 5.12. The van der Waals surface area contributed by atoms with Gasteiger partial charge in [0.05, 0.1) is 36.4 Å². The molecule has 0 saturated heterocycles. The molecule has 2 aromatic rings. The first kappa shape index (κ1) is 24.5. The van der Waals surface area contributed by atoms with E-state index in [9.17, 15) is 15.0 Å². The molecule has 174 valence electrons. The van der Waals surface area contributed by atoms with Crippen LogP contribution in [0, 0.1) is 3.57 Å². The van der Waals surface area contributed by atoms with Crippen LogP contribution in [0.25, 0.3) is 0 Å². The molecule has 1 aromatic heterocycles. The van der Waals surface area contributed by atoms with Crippen molar-refractivity contribution in [3.63, 3.8) is 0 Å². The van der Waals surface area contributed by atoms with Crippen molar-refractivity contribution >= 4 is 28.5 Å². The summed E-state index contributed by atoms with van der Waals surface area (Å²) in [5.74, 6) is 0.504. The van der Waals surface area contributed by atoms with E-state index in [1.807, 2.05) is 6.07 Å². The lowest BCUT2D eigenvalue weighted by Crippen LogP contribution is -2.51. The lowest BCUT2D eigenvalue weighted by Gasteiger charge is -2.34. The molecule has 0 aliphatic heterocycles. The van der Waals surface area contributed by atoms with Crippen LogP contribution in [0.15, 0.2) is 46.8 Å². The lowest BCUT2D eigenvalue weighted by atomic mass is 9.89. The summed E-state index contributed by atoms with van der Waals surface area (Å²) in [6.45, 7) is 0.262. The fourth-order valence-electron chi connectivity index (χ4n) is 3.46. The van der Waals surface area contributed by atoms with Gasteiger partial charge in [-0.1, -0.05) is 0 Å². The van der Waals surface area contributed by atoms with Gasteiger partial charge in [0, 0.05) is 30.3 Å². The van der Waals surface area contributed by atoms with E-state index in [0.717, 1.165) is 5.56 Å². The van der Waals surface area contributed by atoms with E-state index in [1.165, 1.54) is 7.11 Å². The number of ether oxygens (including phenoxy) is 2. The molecule has 1 aromatic carbocycles. The Hall–Kier alpha value is -2.12. The van der Waals surface area contributed by atoms with Crippen LogP contribution in [0.5, 0.6) is 11.5 Å². The molecule has 1 aliphatic rings. The van der Waals surface area contributed by atoms with Crippen molar-refractivity contribution in [2.75, 3.05) is 20.3 Å². The minimum Gasteiger partial charge on any atom is -0.493 e. The molecule has 0 fully saturated rings. The summed E-state index contributed by atoms with van der Waals surface area (Å²) >= 11 is 2.08. The number of carbonyl (C=O) groups excluding carboxylic acids is 1. The first-order valence-electron chi connectivity index (χ1n) is 10.1. The second kappa shape index (κ2) is 11.7. The zero-order chi connectivity index (χ0) is 23.1. The zero-order valence-electron chi connectivity index (χ0n) is 17.6. The average molecular weight is 558 g/mol. The first-order chi connectivity index (χ1) is 15.5. The first-order valence-corrected chi connectivity index (χ1v) is 11.2. The highest BCUT2D eigenvalue weighted by Gasteiger charge is 2.36. The van der Waals surface area contributed by atoms with E-state index in [4.69, 9.17) is 19.0 Å². The lowest BCUT2D eigenvalue weighted by molar-refractivity contribution is -0.118. The van der Waals surface area contributed by atoms with Crippen molar-refractivity contribution in [3.8, 4) is 11.5 Å². The Morgan fingerprint density at radius 3 is 2.78 bits per heavy atom. The van der Waals surface area contributed by atoms with Crippen molar-refractivity contribution in [2.24, 2.45) is 0 Å². The van der Waals surface area contributed by atoms with Crippen LogP contribution in [0.2, 0.25) is 0 Å². The molecular weight excluding hydrogens is 531 g/mol. The number of aliphatic hydroxyl groups is 3. The van der Waals surface area contributed by atoms with Crippen molar-refractivity contribution in [3.05, 3.63) is 57.1 Å². The summed E-state index contributed by atoms with van der Waals surface area (Å²) < 4.78 is 17.3. The molecule has 1 aliphatic carbocycles. The maximum absolute atomic E-state index is 12.6. The van der Waals surface area contributed by atoms with Gasteiger partial charge in [-0.25, -0.2) is 0 Å². The number of nitrogens with one attached hydrogen (secondary N) is 2. The fraction of sp³-hybridized carbons (Fsp3) is 0.409. The number of amides is 1. The van der Waals surface area contributed by atoms with E-state index in [0.29, 0.717) is 32.8 Å². The number of hydrogen-bond acceptors (Lipinski definition) is 8. The summed E-state index contributed by atoms with van der Waals surface area (Å²) in [6.07, 6.45) is 3.28. The molecule has 3 unspecified atom stereocenters. The van der Waals surface area contributed by atoms with Crippen LogP contribution < -0.4 is 20.1 Å². The Labute approximate surface area is 199 Å². The van der Waals surface area contributed by atoms with Gasteiger partial charge >= 0.3 is 0 Å². The number of benzene rings is 1. The molecule has 32 heavy (non-hydrogen) atoms. The van der Waals surface area contributed by atoms with Crippen molar-refractivity contribution in [2.45, 2.75) is 37.8 Å². The van der Waals surface area contributed by atoms with Crippen LogP contribution >= 0.6 is 22.6 Å². The van der Waals surface area contributed by atoms with Gasteiger partial charge in [-0.3, -0.25) is 4.79 Å². The quantitative estimate of drug-likeness (QED) is 0.274. The number of carbonyl (C=O) groups is 1. The molecule has 0 bridgehead atoms. The molecule has 0 saturated carbocycles. The van der Waals surface area contributed by atoms with Gasteiger partial charge in [-0.15, -0.1) is 0 Å². The van der Waals surface area contributed by atoms with Crippen molar-refractivity contribution < 1.29 is 34.0 Å². The van der Waals surface area contributed by atoms with Gasteiger partial charge in [0.1, 0.15) is 12.2 Å². The van der Waals surface area contributed by atoms with E-state index < -0.39 is 18.2 Å². The number of aliphatic hydroxyl groups excluding tert-OH is 3. The van der Waals surface area contributed by atoms with Gasteiger partial charge in [-0.2, -0.15) is 0 Å². The third kappa shape index (κ3) is 6.01. The summed E-state index contributed by atoms with van der Waals surface area (Å²) in [6, 6.07) is 4.78. The molecule has 3 atom stereocenters. The molecule has 10 heteroatoms. The zero-order valence-corrected chi connectivity index (χ0v) is 19.7. The largest absolute Gasteiger partial charge is 0.493 e. The number of furan rings is 1. The van der Waals surface area contributed by atoms with E-state index in [-0.39, 0.29) is 32.1 Å². The van der Waals surface area contributed by atoms with Crippen LogP contribution in [-0.4, -0.2) is 59.7 Å². The SMILES string of the molecule is COc1cc(CO)cc(I)c1OC1C=C(C(=O)NCCO)CC(NCc2ccoc2)C1O. The normalized spacial score (nSPS) is 20.5. The highest BCUT2D eigenvalue weighted by molar-refractivity contribution is 14.1. The Kier molecular flexibility index (Phi) is 8.93. The van der Waals surface area contributed by atoms with Gasteiger partial charge in [-0.05, 0) is 58.9 Å². The maximum atomic E-state index is 12.6. The smallest absolute Gasteiger partial charge is 0.247 e. The second-order valence-corrected chi connectivity index (χ2v) is 8.50. The Morgan fingerprint density at radius 2 is 2.12 bits per heavy atom. The third-order valence-corrected chi connectivity index (χ3v) is 5.92. The van der Waals surface area contributed by atoms with E-state index >= 15 is 0 Å². The monoisotopic (exact) mass is 558 g/mol. The standard InChI is InChI=1S/C22H27IN2O7/c1-30-19-7-14(11-27)6-16(23)21(19)32-18-9-15(22(29)24-3-4-26)8-17(20(18)28)25-10-13-2-5-31-12-13/h2,5-7,9,12,17-18,20,25-28H,3-4,8,10-11H2,1H3,(H,24,29). The second-order valence-electron chi connectivity index (χ2n) is 7.33. The predicted molar refractivity (Wildman–Crippen MR) is 124 cm³/mol. The molecule has 5 N–H and O–H groups in total. The number of halogens is 1. The summed E-state index contributed by atoms with van der Waals surface area (Å²) in [5.41, 5.74) is 2.02. The topological polar surface area (TPSA) is 133 Å². The minimum absolute atomic E-state index is 0.131. The molecule has 1 amide bonds. The number of hydrogen-bond donors (Lipinski definition) is 5. The Morgan fingerprint density at radius 1 is 1.31 bits per heavy atom. The van der Waals surface area contributed by atoms with Gasteiger partial charge in [0.15, 0.2) is 11.5 Å². The van der Waals surface area contributed by atoms with Gasteiger partial charge < -0.3 is 39.8 Å². The molecule has 9 nitrogen and oxygen atoms in total. The highest BCUT2D eigenvalue weighted by Crippen LogP contribution is 2.36. The van der Waals surface area contributed by atoms with E-state index in [1.54, 1.807) is 30.7 Å². The van der Waals surface area contributed by atoms with Crippen molar-refractivity contribution in [1.29, 1.82) is 0 Å². The minimum atomic E-state index is -0.950. The molecular formula is C22H27IN2O7. The average Bonchev–Trinajstić information content (AvgIpc) is 3.32. The molecule has 0 spiro atoms. The van der Waals surface area contributed by atoms with Crippen LogP contribution in [0.1, 0.15) is 17.5 Å². The van der Waals surface area contributed by atoms with Gasteiger partial charge in [0.2, 0.25) is 5.91 Å². The van der Waals surface area contributed by atoms with Gasteiger partial charge in [0.25, 0.3) is 0 Å². The van der Waals surface area contributed by atoms with Crippen LogP contribution in [0.3, 0.4) is 0 Å². The number of methoxy groups -OCH3 is 1. The predicted octanol–water partition coefficient (Wildman–Crippen LogP) is 1.09. The molecule has 1 heterocycles. The Bertz CT molecular complexity index is 933. The Balaban J connectivity index is 1.86. The summed E-state index contributed by atoms with van der Waals surface area (Å²) in [5, 5.41) is 35.4. The summed E-state index contributed by atoms with van der Waals surface area (Å²) in [4.78, 5) is 12.6. The fourth-order valence-corrected chi connectivity index (χ4v) is 4.25. The van der Waals surface area contributed by atoms with Crippen LogP contribution in [0.4, 0.5) is 0 Å².